The van der Waals surface area contributed by atoms with Crippen molar-refractivity contribution < 1.29 is 19.0 Å². The summed E-state index contributed by atoms with van der Waals surface area (Å²) in [6.45, 7) is 1.77. The quantitative estimate of drug-likeness (QED) is 0.581. The van der Waals surface area contributed by atoms with E-state index in [2.05, 4.69) is 20.3 Å². The molecule has 0 amide bonds. The highest BCUT2D eigenvalue weighted by molar-refractivity contribution is 5.93. The fourth-order valence-electron chi connectivity index (χ4n) is 2.65. The third-order valence-electron chi connectivity index (χ3n) is 4.05. The number of aromatic nitrogens is 3. The molecule has 9 nitrogen and oxygen atoms in total. The van der Waals surface area contributed by atoms with Crippen LogP contribution >= 0.6 is 0 Å². The third-order valence-corrected chi connectivity index (χ3v) is 4.05. The maximum atomic E-state index is 12.5. The standard InChI is InChI=1S/C20H21N5O4/c1-12-7-4-5-9-14(12)22-20-24-16(23-19(21)25-20)11-29-18(26)13-8-6-10-15(27-2)17(13)28-3/h4-10H,11H2,1-3H3,(H3,21,22,23,24,25). The molecule has 0 aliphatic heterocycles. The van der Waals surface area contributed by atoms with Gasteiger partial charge in [-0.25, -0.2) is 4.79 Å². The van der Waals surface area contributed by atoms with Gasteiger partial charge in [-0.1, -0.05) is 24.3 Å². The normalized spacial score (nSPS) is 10.3. The van der Waals surface area contributed by atoms with Crippen LogP contribution in [0, 0.1) is 6.92 Å². The van der Waals surface area contributed by atoms with Crippen LogP contribution in [0.1, 0.15) is 21.7 Å². The first-order chi connectivity index (χ1) is 14.0. The Hall–Kier alpha value is -3.88. The van der Waals surface area contributed by atoms with Crippen molar-refractivity contribution in [2.24, 2.45) is 0 Å². The van der Waals surface area contributed by atoms with E-state index in [1.165, 1.54) is 14.2 Å². The van der Waals surface area contributed by atoms with Gasteiger partial charge >= 0.3 is 5.97 Å². The minimum atomic E-state index is -0.604. The van der Waals surface area contributed by atoms with Gasteiger partial charge in [0.2, 0.25) is 11.9 Å². The lowest BCUT2D eigenvalue weighted by Crippen LogP contribution is -2.12. The molecule has 0 aliphatic rings. The second kappa shape index (κ2) is 8.87. The van der Waals surface area contributed by atoms with Crippen molar-refractivity contribution in [3.63, 3.8) is 0 Å². The molecule has 3 rings (SSSR count). The van der Waals surface area contributed by atoms with Gasteiger partial charge in [0.1, 0.15) is 5.56 Å². The number of nitrogens with zero attached hydrogens (tertiary/aromatic N) is 3. The summed E-state index contributed by atoms with van der Waals surface area (Å²) < 4.78 is 15.8. The number of para-hydroxylation sites is 2. The van der Waals surface area contributed by atoms with E-state index in [1.54, 1.807) is 18.2 Å². The molecule has 0 saturated carbocycles. The van der Waals surface area contributed by atoms with Gasteiger partial charge in [-0.3, -0.25) is 0 Å². The van der Waals surface area contributed by atoms with Crippen LogP contribution in [0.5, 0.6) is 11.5 Å². The summed E-state index contributed by atoms with van der Waals surface area (Å²) >= 11 is 0. The first-order valence-electron chi connectivity index (χ1n) is 8.73. The van der Waals surface area contributed by atoms with Crippen LogP contribution in [0.2, 0.25) is 0 Å². The molecule has 9 heteroatoms. The number of nitrogens with two attached hydrogens (primary N) is 1. The van der Waals surface area contributed by atoms with Crippen molar-refractivity contribution in [1.82, 2.24) is 15.0 Å². The molecule has 2 aromatic carbocycles. The summed E-state index contributed by atoms with van der Waals surface area (Å²) in [6, 6.07) is 12.6. The molecule has 0 saturated heterocycles. The van der Waals surface area contributed by atoms with E-state index in [0.717, 1.165) is 11.3 Å². The number of rotatable bonds is 7. The van der Waals surface area contributed by atoms with E-state index in [1.807, 2.05) is 31.2 Å². The van der Waals surface area contributed by atoms with Gasteiger partial charge in [0.15, 0.2) is 23.9 Å². The Balaban J connectivity index is 1.75. The first kappa shape index (κ1) is 19.9. The van der Waals surface area contributed by atoms with Gasteiger partial charge in [-0.05, 0) is 30.7 Å². The number of nitrogen functional groups attached to an aromatic ring is 1. The zero-order chi connectivity index (χ0) is 20.8. The number of aryl methyl sites for hydroxylation is 1. The highest BCUT2D eigenvalue weighted by atomic mass is 16.5. The van der Waals surface area contributed by atoms with E-state index in [9.17, 15) is 4.79 Å². The molecule has 0 unspecified atom stereocenters. The number of anilines is 3. The number of carbonyl (C=O) groups is 1. The summed E-state index contributed by atoms with van der Waals surface area (Å²) in [4.78, 5) is 24.9. The molecule has 0 atom stereocenters. The first-order valence-corrected chi connectivity index (χ1v) is 8.73. The van der Waals surface area contributed by atoms with Crippen LogP contribution in [-0.2, 0) is 11.3 Å². The number of hydrogen-bond acceptors (Lipinski definition) is 9. The molecule has 29 heavy (non-hydrogen) atoms. The molecule has 0 fully saturated rings. The van der Waals surface area contributed by atoms with E-state index in [-0.39, 0.29) is 35.6 Å². The van der Waals surface area contributed by atoms with E-state index < -0.39 is 5.97 Å². The lowest BCUT2D eigenvalue weighted by Gasteiger charge is -2.12. The average Bonchev–Trinajstić information content (AvgIpc) is 2.72. The lowest BCUT2D eigenvalue weighted by molar-refractivity contribution is 0.0458. The Morgan fingerprint density at radius 2 is 1.83 bits per heavy atom. The smallest absolute Gasteiger partial charge is 0.342 e. The molecule has 1 aromatic heterocycles. The highest BCUT2D eigenvalue weighted by Gasteiger charge is 2.18. The molecule has 3 N–H and O–H groups in total. The molecule has 0 spiro atoms. The minimum absolute atomic E-state index is 0.0149. The average molecular weight is 395 g/mol. The second-order valence-electron chi connectivity index (χ2n) is 5.99. The maximum absolute atomic E-state index is 12.5. The molecule has 0 aliphatic carbocycles. The van der Waals surface area contributed by atoms with Crippen LogP contribution in [0.4, 0.5) is 17.6 Å². The Labute approximate surface area is 167 Å². The van der Waals surface area contributed by atoms with Crippen molar-refractivity contribution >= 4 is 23.6 Å². The Morgan fingerprint density at radius 3 is 2.55 bits per heavy atom. The van der Waals surface area contributed by atoms with Crippen molar-refractivity contribution in [3.8, 4) is 11.5 Å². The van der Waals surface area contributed by atoms with Crippen molar-refractivity contribution in [2.75, 3.05) is 25.3 Å². The van der Waals surface area contributed by atoms with Gasteiger partial charge in [0.25, 0.3) is 0 Å². The van der Waals surface area contributed by atoms with Gasteiger partial charge in [-0.15, -0.1) is 0 Å². The minimum Gasteiger partial charge on any atom is -0.493 e. The van der Waals surface area contributed by atoms with Crippen molar-refractivity contribution in [3.05, 3.63) is 59.4 Å². The zero-order valence-corrected chi connectivity index (χ0v) is 16.3. The SMILES string of the molecule is COc1cccc(C(=O)OCc2nc(N)nc(Nc3ccccc3C)n2)c1OC. The van der Waals surface area contributed by atoms with Crippen LogP contribution in [0.15, 0.2) is 42.5 Å². The third kappa shape index (κ3) is 4.70. The molecule has 150 valence electrons. The van der Waals surface area contributed by atoms with Crippen molar-refractivity contribution in [2.45, 2.75) is 13.5 Å². The fourth-order valence-corrected chi connectivity index (χ4v) is 2.65. The van der Waals surface area contributed by atoms with Crippen LogP contribution < -0.4 is 20.5 Å². The molecule has 1 heterocycles. The molecule has 3 aromatic rings. The number of benzene rings is 2. The Bertz CT molecular complexity index is 1030. The Kier molecular flexibility index (Phi) is 6.08. The number of methoxy groups -OCH3 is 2. The van der Waals surface area contributed by atoms with Gasteiger partial charge in [-0.2, -0.15) is 15.0 Å². The second-order valence-corrected chi connectivity index (χ2v) is 5.99. The summed E-state index contributed by atoms with van der Waals surface area (Å²) in [6.07, 6.45) is 0. The summed E-state index contributed by atoms with van der Waals surface area (Å²) in [7, 11) is 2.94. The molecular weight excluding hydrogens is 374 g/mol. The zero-order valence-electron chi connectivity index (χ0n) is 16.3. The van der Waals surface area contributed by atoms with E-state index >= 15 is 0 Å². The summed E-state index contributed by atoms with van der Waals surface area (Å²) in [5.74, 6) is 0.600. The number of ether oxygens (including phenoxy) is 3. The molecular formula is C20H21N5O4. The van der Waals surface area contributed by atoms with Crippen LogP contribution in [-0.4, -0.2) is 35.1 Å². The van der Waals surface area contributed by atoms with Gasteiger partial charge in [0.05, 0.1) is 14.2 Å². The van der Waals surface area contributed by atoms with Crippen LogP contribution in [0.3, 0.4) is 0 Å². The number of carbonyl (C=O) groups excluding carboxylic acids is 1. The predicted octanol–water partition coefficient (Wildman–Crippen LogP) is 2.88. The molecule has 0 bridgehead atoms. The summed E-state index contributed by atoms with van der Waals surface area (Å²) in [5.41, 5.74) is 7.86. The number of nitrogens with one attached hydrogen (secondary N) is 1. The predicted molar refractivity (Wildman–Crippen MR) is 107 cm³/mol. The van der Waals surface area contributed by atoms with Crippen LogP contribution in [0.25, 0.3) is 0 Å². The maximum Gasteiger partial charge on any atom is 0.342 e. The number of hydrogen-bond donors (Lipinski definition) is 2. The molecule has 0 radical (unpaired) electrons. The van der Waals surface area contributed by atoms with Gasteiger partial charge < -0.3 is 25.3 Å². The topological polar surface area (TPSA) is 121 Å². The monoisotopic (exact) mass is 395 g/mol. The van der Waals surface area contributed by atoms with E-state index in [0.29, 0.717) is 5.75 Å². The summed E-state index contributed by atoms with van der Waals surface area (Å²) in [5, 5.41) is 3.09. The largest absolute Gasteiger partial charge is 0.493 e. The van der Waals surface area contributed by atoms with Crippen molar-refractivity contribution in [1.29, 1.82) is 0 Å². The fraction of sp³-hybridized carbons (Fsp3) is 0.200. The van der Waals surface area contributed by atoms with Gasteiger partial charge in [0, 0.05) is 5.69 Å². The highest BCUT2D eigenvalue weighted by Crippen LogP contribution is 2.31. The number of esters is 1. The lowest BCUT2D eigenvalue weighted by atomic mass is 10.2. The van der Waals surface area contributed by atoms with E-state index in [4.69, 9.17) is 19.9 Å². The Morgan fingerprint density at radius 1 is 1.03 bits per heavy atom.